The summed E-state index contributed by atoms with van der Waals surface area (Å²) in [6.45, 7) is 9.33. The van der Waals surface area contributed by atoms with Gasteiger partial charge in [-0.05, 0) is 25.7 Å². The fourth-order valence-corrected chi connectivity index (χ4v) is 2.88. The molecule has 0 aliphatic carbocycles. The van der Waals surface area contributed by atoms with Crippen molar-refractivity contribution in [3.63, 3.8) is 0 Å². The molecule has 22 heavy (non-hydrogen) atoms. The smallest absolute Gasteiger partial charge is 0.243 e. The molecular weight excluding hydrogens is 268 g/mol. The Kier molecular flexibility index (Phi) is 15.0. The van der Waals surface area contributed by atoms with Crippen molar-refractivity contribution in [1.82, 2.24) is 4.90 Å². The van der Waals surface area contributed by atoms with Crippen LogP contribution in [-0.2, 0) is 0 Å². The molecule has 2 nitrogen and oxygen atoms in total. The molecular formula is C20H43N2+. The normalized spacial score (nSPS) is 10.8. The van der Waals surface area contributed by atoms with Crippen molar-refractivity contribution in [3.05, 3.63) is 0 Å². The molecule has 0 rings (SSSR count). The molecule has 2 heteroatoms. The Morgan fingerprint density at radius 3 is 1.36 bits per heavy atom. The summed E-state index contributed by atoms with van der Waals surface area (Å²) in [5, 5.41) is 0. The van der Waals surface area contributed by atoms with E-state index in [9.17, 15) is 0 Å². The maximum atomic E-state index is 2.61. The van der Waals surface area contributed by atoms with E-state index >= 15 is 0 Å². The number of nitrogens with zero attached hydrogens (tertiary/aromatic N) is 2. The third kappa shape index (κ3) is 12.1. The molecule has 132 valence electrons. The monoisotopic (exact) mass is 311 g/mol. The molecule has 0 bridgehead atoms. The predicted octanol–water partition coefficient (Wildman–Crippen LogP) is 5.70. The van der Waals surface area contributed by atoms with E-state index in [0.29, 0.717) is 0 Å². The van der Waals surface area contributed by atoms with Crippen LogP contribution in [0, 0.1) is 0 Å². The van der Waals surface area contributed by atoms with Crippen LogP contribution in [0.1, 0.15) is 97.8 Å². The van der Waals surface area contributed by atoms with Gasteiger partial charge >= 0.3 is 0 Å². The molecule has 0 amide bonds. The lowest BCUT2D eigenvalue weighted by atomic mass is 10.1. The Hall–Kier alpha value is -0.530. The Bertz CT molecular complexity index is 251. The lowest BCUT2D eigenvalue weighted by Crippen LogP contribution is -2.35. The predicted molar refractivity (Wildman–Crippen MR) is 101 cm³/mol. The quantitative estimate of drug-likeness (QED) is 0.173. The molecule has 0 atom stereocenters. The minimum Gasteiger partial charge on any atom is -0.271 e. The van der Waals surface area contributed by atoms with Crippen molar-refractivity contribution in [2.75, 3.05) is 27.2 Å². The molecule has 0 aromatic rings. The summed E-state index contributed by atoms with van der Waals surface area (Å²) in [6.07, 6.45) is 16.7. The van der Waals surface area contributed by atoms with Gasteiger partial charge in [-0.25, -0.2) is 0 Å². The number of hydrogen-bond donors (Lipinski definition) is 0. The summed E-state index contributed by atoms with van der Waals surface area (Å²) in [4.78, 5) is 2.61. The van der Waals surface area contributed by atoms with Gasteiger partial charge in [-0.15, -0.1) is 0 Å². The lowest BCUT2D eigenvalue weighted by molar-refractivity contribution is -0.470. The second-order valence-corrected chi connectivity index (χ2v) is 6.96. The number of amidine groups is 1. The average Bonchev–Trinajstić information content (AvgIpc) is 2.51. The second kappa shape index (κ2) is 15.4. The Morgan fingerprint density at radius 2 is 1.00 bits per heavy atom. The van der Waals surface area contributed by atoms with Crippen molar-refractivity contribution < 1.29 is 4.58 Å². The molecule has 0 fully saturated rings. The second-order valence-electron chi connectivity index (χ2n) is 6.96. The van der Waals surface area contributed by atoms with E-state index < -0.39 is 0 Å². The number of hydrogen-bond acceptors (Lipinski definition) is 0. The van der Waals surface area contributed by atoms with Crippen LogP contribution in [0.5, 0.6) is 0 Å². The summed E-state index contributed by atoms with van der Waals surface area (Å²) in [6, 6.07) is 0. The van der Waals surface area contributed by atoms with Crippen molar-refractivity contribution in [3.8, 4) is 0 Å². The van der Waals surface area contributed by atoms with Gasteiger partial charge < -0.3 is 0 Å². The van der Waals surface area contributed by atoms with Gasteiger partial charge in [0, 0.05) is 6.92 Å². The third-order valence-corrected chi connectivity index (χ3v) is 4.67. The van der Waals surface area contributed by atoms with Crippen LogP contribution in [0.2, 0.25) is 0 Å². The summed E-state index contributed by atoms with van der Waals surface area (Å²) in [7, 11) is 4.34. The van der Waals surface area contributed by atoms with E-state index in [0.717, 1.165) is 0 Å². The van der Waals surface area contributed by atoms with Crippen LogP contribution in [-0.4, -0.2) is 42.5 Å². The number of rotatable bonds is 14. The minimum atomic E-state index is 1.24. The van der Waals surface area contributed by atoms with Crippen LogP contribution in [0.15, 0.2) is 0 Å². The van der Waals surface area contributed by atoms with E-state index in [-0.39, 0.29) is 0 Å². The lowest BCUT2D eigenvalue weighted by Gasteiger charge is -2.19. The van der Waals surface area contributed by atoms with Crippen LogP contribution in [0.3, 0.4) is 0 Å². The van der Waals surface area contributed by atoms with Crippen molar-refractivity contribution in [1.29, 1.82) is 0 Å². The SMILES string of the molecule is CCCCCCCCN(CCCCCCCC)C(C)=[N+](C)C. The fraction of sp³-hybridized carbons (Fsp3) is 0.950. The maximum absolute atomic E-state index is 2.61. The molecule has 0 heterocycles. The molecule has 0 aromatic heterocycles. The van der Waals surface area contributed by atoms with Gasteiger partial charge in [0.25, 0.3) is 0 Å². The van der Waals surface area contributed by atoms with Gasteiger partial charge in [-0.1, -0.05) is 65.2 Å². The Labute approximate surface area is 141 Å². The summed E-state index contributed by atoms with van der Waals surface area (Å²) in [5.41, 5.74) is 0. The van der Waals surface area contributed by atoms with E-state index in [1.54, 1.807) is 0 Å². The topological polar surface area (TPSA) is 6.25 Å². The zero-order valence-corrected chi connectivity index (χ0v) is 16.3. The van der Waals surface area contributed by atoms with Gasteiger partial charge in [0.1, 0.15) is 0 Å². The van der Waals surface area contributed by atoms with Crippen LogP contribution in [0.25, 0.3) is 0 Å². The third-order valence-electron chi connectivity index (χ3n) is 4.67. The average molecular weight is 312 g/mol. The first-order chi connectivity index (χ1) is 10.6. The molecule has 0 aliphatic heterocycles. The molecule has 0 aliphatic rings. The summed E-state index contributed by atoms with van der Waals surface area (Å²) in [5.74, 6) is 1.43. The zero-order chi connectivity index (χ0) is 16.6. The van der Waals surface area contributed by atoms with Crippen molar-refractivity contribution >= 4 is 5.84 Å². The molecule has 0 aromatic carbocycles. The van der Waals surface area contributed by atoms with Crippen LogP contribution >= 0.6 is 0 Å². The highest BCUT2D eigenvalue weighted by Gasteiger charge is 2.14. The zero-order valence-electron chi connectivity index (χ0n) is 16.3. The first-order valence-electron chi connectivity index (χ1n) is 9.89. The van der Waals surface area contributed by atoms with Gasteiger partial charge in [-0.2, -0.15) is 0 Å². The van der Waals surface area contributed by atoms with E-state index in [2.05, 4.69) is 44.3 Å². The minimum absolute atomic E-state index is 1.24. The highest BCUT2D eigenvalue weighted by Crippen LogP contribution is 2.09. The molecule has 0 unspecified atom stereocenters. The van der Waals surface area contributed by atoms with Gasteiger partial charge in [0.15, 0.2) is 0 Å². The van der Waals surface area contributed by atoms with Gasteiger partial charge in [0.2, 0.25) is 5.84 Å². The Morgan fingerprint density at radius 1 is 0.636 bits per heavy atom. The van der Waals surface area contributed by atoms with Gasteiger partial charge in [-0.3, -0.25) is 9.48 Å². The van der Waals surface area contributed by atoms with E-state index in [1.165, 1.54) is 96.0 Å². The standard InChI is InChI=1S/C20H43N2/c1-6-8-10-12-14-16-18-22(20(3)21(4)5)19-17-15-13-11-9-7-2/h6-19H2,1-5H3/q+1. The summed E-state index contributed by atoms with van der Waals surface area (Å²) < 4.78 is 2.27. The summed E-state index contributed by atoms with van der Waals surface area (Å²) >= 11 is 0. The first-order valence-corrected chi connectivity index (χ1v) is 9.89. The highest BCUT2D eigenvalue weighted by molar-refractivity contribution is 5.74. The molecule has 0 radical (unpaired) electrons. The van der Waals surface area contributed by atoms with Crippen molar-refractivity contribution in [2.24, 2.45) is 0 Å². The van der Waals surface area contributed by atoms with Crippen molar-refractivity contribution in [2.45, 2.75) is 97.8 Å². The number of unbranched alkanes of at least 4 members (excludes halogenated alkanes) is 10. The molecule has 0 saturated carbocycles. The molecule has 0 saturated heterocycles. The van der Waals surface area contributed by atoms with E-state index in [1.807, 2.05) is 0 Å². The van der Waals surface area contributed by atoms with Gasteiger partial charge in [0.05, 0.1) is 27.2 Å². The molecule has 0 N–H and O–H groups in total. The fourth-order valence-electron chi connectivity index (χ4n) is 2.88. The Balaban J connectivity index is 3.94. The van der Waals surface area contributed by atoms with Crippen LogP contribution in [0.4, 0.5) is 0 Å². The highest BCUT2D eigenvalue weighted by atomic mass is 15.2. The molecule has 0 spiro atoms. The first kappa shape index (κ1) is 21.5. The largest absolute Gasteiger partial charge is 0.271 e. The maximum Gasteiger partial charge on any atom is 0.243 e. The van der Waals surface area contributed by atoms with E-state index in [4.69, 9.17) is 0 Å². The van der Waals surface area contributed by atoms with Crippen LogP contribution < -0.4 is 0 Å².